The smallest absolute Gasteiger partial charge is 0.405 e. The Morgan fingerprint density at radius 3 is 2.65 bits per heavy atom. The number of carbonyl (C=O) groups is 1. The third-order valence-electron chi connectivity index (χ3n) is 4.35. The number of carboxylic acid groups (broad SMARTS) is 1. The van der Waals surface area contributed by atoms with Gasteiger partial charge in [-0.25, -0.2) is 9.78 Å². The fraction of sp³-hybridized carbons (Fsp3) is 0.500. The molecule has 1 amide bonds. The van der Waals surface area contributed by atoms with E-state index >= 15 is 0 Å². The molecule has 0 unspecified atom stereocenters. The topological polar surface area (TPSA) is 84.5 Å². The van der Waals surface area contributed by atoms with Crippen LogP contribution in [-0.4, -0.2) is 59.3 Å². The number of para-hydroxylation sites is 1. The van der Waals surface area contributed by atoms with Crippen LogP contribution < -0.4 is 10.2 Å². The minimum atomic E-state index is -1.06. The molecule has 1 aliphatic rings. The number of aromatic amines is 1. The van der Waals surface area contributed by atoms with Crippen LogP contribution in [0.4, 0.5) is 10.5 Å². The van der Waals surface area contributed by atoms with Gasteiger partial charge in [0.05, 0.1) is 16.7 Å². The van der Waals surface area contributed by atoms with Gasteiger partial charge in [0.2, 0.25) is 0 Å². The lowest BCUT2D eigenvalue weighted by Gasteiger charge is -2.34. The Hall–Kier alpha value is -2.28. The third kappa shape index (κ3) is 3.10. The van der Waals surface area contributed by atoms with Gasteiger partial charge in [-0.2, -0.15) is 0 Å². The van der Waals surface area contributed by atoms with E-state index in [1.807, 2.05) is 12.1 Å². The minimum absolute atomic E-state index is 0.622. The molecule has 1 saturated heterocycles. The molecule has 0 saturated carbocycles. The van der Waals surface area contributed by atoms with Crippen LogP contribution in [0.5, 0.6) is 0 Å². The van der Waals surface area contributed by atoms with Crippen LogP contribution in [0.2, 0.25) is 0 Å². The molecule has 0 atom stereocenters. The summed E-state index contributed by atoms with van der Waals surface area (Å²) in [7, 11) is 2.13. The van der Waals surface area contributed by atoms with Gasteiger partial charge in [0.25, 0.3) is 0 Å². The van der Waals surface area contributed by atoms with Gasteiger partial charge in [0.1, 0.15) is 11.3 Å². The van der Waals surface area contributed by atoms with E-state index in [0.717, 1.165) is 42.9 Å². The summed E-state index contributed by atoms with van der Waals surface area (Å²) >= 11 is 0. The van der Waals surface area contributed by atoms with Gasteiger partial charge >= 0.3 is 6.09 Å². The molecule has 124 valence electrons. The second kappa shape index (κ2) is 5.73. The number of H-pyrrole nitrogens is 1. The van der Waals surface area contributed by atoms with Gasteiger partial charge in [0, 0.05) is 26.2 Å². The number of likely N-dealkylation sites (N-methyl/N-ethyl adjacent to an activating group) is 1. The number of piperazine rings is 1. The monoisotopic (exact) mass is 317 g/mol. The van der Waals surface area contributed by atoms with Crippen LogP contribution in [-0.2, 0) is 5.54 Å². The number of benzene rings is 1. The minimum Gasteiger partial charge on any atom is -0.465 e. The van der Waals surface area contributed by atoms with Gasteiger partial charge in [-0.05, 0) is 33.0 Å². The first-order valence-electron chi connectivity index (χ1n) is 7.80. The second-order valence-corrected chi connectivity index (χ2v) is 6.60. The van der Waals surface area contributed by atoms with E-state index in [9.17, 15) is 4.79 Å². The molecule has 0 aliphatic carbocycles. The molecule has 0 spiro atoms. The number of anilines is 1. The second-order valence-electron chi connectivity index (χ2n) is 6.60. The normalized spacial score (nSPS) is 16.7. The fourth-order valence-electron chi connectivity index (χ4n) is 2.94. The van der Waals surface area contributed by atoms with Crippen molar-refractivity contribution in [2.45, 2.75) is 19.4 Å². The zero-order chi connectivity index (χ0) is 16.6. The predicted molar refractivity (Wildman–Crippen MR) is 90.0 cm³/mol. The van der Waals surface area contributed by atoms with Crippen molar-refractivity contribution in [1.82, 2.24) is 20.2 Å². The third-order valence-corrected chi connectivity index (χ3v) is 4.35. The molecule has 7 heteroatoms. The Morgan fingerprint density at radius 2 is 2.00 bits per heavy atom. The van der Waals surface area contributed by atoms with Gasteiger partial charge in [-0.1, -0.05) is 6.07 Å². The summed E-state index contributed by atoms with van der Waals surface area (Å²) in [5.41, 5.74) is 2.15. The van der Waals surface area contributed by atoms with E-state index in [1.165, 1.54) is 0 Å². The van der Waals surface area contributed by atoms with E-state index in [0.29, 0.717) is 5.82 Å². The van der Waals surface area contributed by atoms with Gasteiger partial charge in [-0.15, -0.1) is 0 Å². The number of imidazole rings is 1. The van der Waals surface area contributed by atoms with Crippen molar-refractivity contribution in [1.29, 1.82) is 0 Å². The van der Waals surface area contributed by atoms with Crippen LogP contribution in [0.3, 0.4) is 0 Å². The number of hydrogen-bond donors (Lipinski definition) is 3. The van der Waals surface area contributed by atoms with E-state index in [-0.39, 0.29) is 0 Å². The van der Waals surface area contributed by atoms with Crippen molar-refractivity contribution in [2.75, 3.05) is 38.1 Å². The summed E-state index contributed by atoms with van der Waals surface area (Å²) in [4.78, 5) is 23.6. The first kappa shape index (κ1) is 15.6. The van der Waals surface area contributed by atoms with Crippen LogP contribution >= 0.6 is 0 Å². The van der Waals surface area contributed by atoms with E-state index < -0.39 is 11.6 Å². The number of fused-ring (bicyclic) bond motifs is 1. The molecule has 3 rings (SSSR count). The molecule has 1 fully saturated rings. The maximum Gasteiger partial charge on any atom is 0.405 e. The molecule has 2 heterocycles. The molecular weight excluding hydrogens is 294 g/mol. The summed E-state index contributed by atoms with van der Waals surface area (Å²) in [6.07, 6.45) is -1.06. The van der Waals surface area contributed by atoms with Crippen molar-refractivity contribution in [3.05, 3.63) is 24.0 Å². The van der Waals surface area contributed by atoms with Gasteiger partial charge < -0.3 is 25.2 Å². The molecule has 0 bridgehead atoms. The quantitative estimate of drug-likeness (QED) is 0.804. The number of rotatable bonds is 3. The van der Waals surface area contributed by atoms with Crippen molar-refractivity contribution in [3.63, 3.8) is 0 Å². The Kier molecular flexibility index (Phi) is 3.89. The average Bonchev–Trinajstić information content (AvgIpc) is 2.91. The van der Waals surface area contributed by atoms with Crippen LogP contribution in [0, 0.1) is 0 Å². The largest absolute Gasteiger partial charge is 0.465 e. The Bertz CT molecular complexity index is 716. The molecule has 0 radical (unpaired) electrons. The van der Waals surface area contributed by atoms with Crippen LogP contribution in [0.25, 0.3) is 11.0 Å². The lowest BCUT2D eigenvalue weighted by molar-refractivity contribution is 0.181. The van der Waals surface area contributed by atoms with E-state index in [1.54, 1.807) is 13.8 Å². The van der Waals surface area contributed by atoms with Crippen molar-refractivity contribution >= 4 is 22.8 Å². The number of amides is 1. The maximum atomic E-state index is 11.0. The lowest BCUT2D eigenvalue weighted by atomic mass is 10.1. The van der Waals surface area contributed by atoms with Crippen molar-refractivity contribution in [2.24, 2.45) is 0 Å². The number of nitrogens with one attached hydrogen (secondary N) is 2. The highest BCUT2D eigenvalue weighted by atomic mass is 16.4. The first-order chi connectivity index (χ1) is 10.9. The lowest BCUT2D eigenvalue weighted by Crippen LogP contribution is -2.44. The van der Waals surface area contributed by atoms with Crippen molar-refractivity contribution in [3.8, 4) is 0 Å². The van der Waals surface area contributed by atoms with Gasteiger partial charge in [0.15, 0.2) is 0 Å². The summed E-state index contributed by atoms with van der Waals surface area (Å²) in [6, 6.07) is 6.06. The fourth-order valence-corrected chi connectivity index (χ4v) is 2.94. The van der Waals surface area contributed by atoms with Crippen LogP contribution in [0.15, 0.2) is 18.2 Å². The highest BCUT2D eigenvalue weighted by molar-refractivity contribution is 5.89. The maximum absolute atomic E-state index is 11.0. The average molecular weight is 317 g/mol. The van der Waals surface area contributed by atoms with Gasteiger partial charge in [-0.3, -0.25) is 0 Å². The molecule has 1 aromatic heterocycles. The van der Waals surface area contributed by atoms with Crippen LogP contribution in [0.1, 0.15) is 19.7 Å². The van der Waals surface area contributed by atoms with Crippen molar-refractivity contribution < 1.29 is 9.90 Å². The standard InChI is InChI=1S/C16H23N5O2/c1-16(2,19-15(22)23)14-17-11-5-4-6-12(13(11)18-14)21-9-7-20(3)8-10-21/h4-6,19H,7-10H2,1-3H3,(H,17,18)(H,22,23). The Balaban J connectivity index is 1.97. The number of hydrogen-bond acceptors (Lipinski definition) is 4. The Labute approximate surface area is 135 Å². The zero-order valence-corrected chi connectivity index (χ0v) is 13.8. The number of aromatic nitrogens is 2. The highest BCUT2D eigenvalue weighted by Gasteiger charge is 2.27. The SMILES string of the molecule is CN1CCN(c2cccc3[nH]c(C(C)(C)NC(=O)O)nc23)CC1. The molecule has 23 heavy (non-hydrogen) atoms. The summed E-state index contributed by atoms with van der Waals surface area (Å²) in [5, 5.41) is 11.5. The summed E-state index contributed by atoms with van der Waals surface area (Å²) in [6.45, 7) is 7.59. The molecule has 7 nitrogen and oxygen atoms in total. The molecule has 2 aromatic rings. The molecule has 3 N–H and O–H groups in total. The summed E-state index contributed by atoms with van der Waals surface area (Å²) in [5.74, 6) is 0.622. The predicted octanol–water partition coefficient (Wildman–Crippen LogP) is 1.82. The van der Waals surface area contributed by atoms with E-state index in [4.69, 9.17) is 10.1 Å². The molecular formula is C16H23N5O2. The van der Waals surface area contributed by atoms with E-state index in [2.05, 4.69) is 33.2 Å². The number of nitrogens with zero attached hydrogens (tertiary/aromatic N) is 3. The Morgan fingerprint density at radius 1 is 1.30 bits per heavy atom. The molecule has 1 aromatic carbocycles. The molecule has 1 aliphatic heterocycles. The first-order valence-corrected chi connectivity index (χ1v) is 7.80. The zero-order valence-electron chi connectivity index (χ0n) is 13.8. The summed E-state index contributed by atoms with van der Waals surface area (Å²) < 4.78 is 0. The highest BCUT2D eigenvalue weighted by Crippen LogP contribution is 2.28.